The molecular formula is C18H14O2Se. The number of hydrogen-bond donors (Lipinski definition) is 0. The van der Waals surface area contributed by atoms with E-state index in [2.05, 4.69) is 4.94 Å². The summed E-state index contributed by atoms with van der Waals surface area (Å²) in [5, 5.41) is 0. The molecule has 0 saturated heterocycles. The van der Waals surface area contributed by atoms with E-state index in [-0.39, 0.29) is 20.5 Å². The van der Waals surface area contributed by atoms with Crippen LogP contribution >= 0.6 is 0 Å². The van der Waals surface area contributed by atoms with E-state index in [0.717, 1.165) is 21.1 Å². The molecule has 2 nitrogen and oxygen atoms in total. The molecule has 0 radical (unpaired) electrons. The van der Waals surface area contributed by atoms with Gasteiger partial charge in [0.15, 0.2) is 0 Å². The Morgan fingerprint density at radius 3 is 2.05 bits per heavy atom. The summed E-state index contributed by atoms with van der Waals surface area (Å²) in [7, 11) is 1.44. The molecule has 0 aliphatic carbocycles. The van der Waals surface area contributed by atoms with Crippen LogP contribution in [0.4, 0.5) is 0 Å². The van der Waals surface area contributed by atoms with E-state index in [1.165, 1.54) is 7.11 Å². The summed E-state index contributed by atoms with van der Waals surface area (Å²) < 4.78 is 6.10. The van der Waals surface area contributed by atoms with Crippen LogP contribution in [0.5, 0.6) is 0 Å². The second-order valence-corrected chi connectivity index (χ2v) is 6.42. The van der Waals surface area contributed by atoms with Gasteiger partial charge >= 0.3 is 129 Å². The number of rotatable bonds is 3. The van der Waals surface area contributed by atoms with Gasteiger partial charge < -0.3 is 0 Å². The number of carbonyl (C=O) groups is 1. The first-order valence-electron chi connectivity index (χ1n) is 6.62. The zero-order chi connectivity index (χ0) is 14.7. The predicted molar refractivity (Wildman–Crippen MR) is 85.6 cm³/mol. The van der Waals surface area contributed by atoms with Crippen LogP contribution in [0, 0.1) is 0 Å². The zero-order valence-electron chi connectivity index (χ0n) is 11.6. The van der Waals surface area contributed by atoms with Crippen molar-refractivity contribution >= 4 is 20.5 Å². The van der Waals surface area contributed by atoms with Crippen LogP contribution in [0.2, 0.25) is 0 Å². The standard InChI is InChI=1S/C18H14O2Se/c1-20-18(19)16-15(13-8-4-2-5-9-13)12-21-17(16)14-10-6-3-7-11-14/h2-12H,1H3. The van der Waals surface area contributed by atoms with Gasteiger partial charge in [0, 0.05) is 0 Å². The average molecular weight is 341 g/mol. The van der Waals surface area contributed by atoms with Crippen LogP contribution in [0.1, 0.15) is 10.4 Å². The van der Waals surface area contributed by atoms with Gasteiger partial charge in [0.2, 0.25) is 0 Å². The molecule has 0 N–H and O–H groups in total. The van der Waals surface area contributed by atoms with E-state index < -0.39 is 0 Å². The van der Waals surface area contributed by atoms with E-state index in [1.54, 1.807) is 0 Å². The Hall–Kier alpha value is -2.09. The van der Waals surface area contributed by atoms with Crippen molar-refractivity contribution in [1.82, 2.24) is 0 Å². The fourth-order valence-electron chi connectivity index (χ4n) is 2.29. The summed E-state index contributed by atoms with van der Waals surface area (Å²) in [6.07, 6.45) is 0. The number of methoxy groups -OCH3 is 1. The SMILES string of the molecule is COC(=O)c1c(-c2ccccc2)c[se]c1-c1ccccc1. The molecule has 0 spiro atoms. The molecule has 0 aliphatic heterocycles. The van der Waals surface area contributed by atoms with Crippen LogP contribution in [-0.4, -0.2) is 27.6 Å². The van der Waals surface area contributed by atoms with Gasteiger partial charge in [0.1, 0.15) is 0 Å². The van der Waals surface area contributed by atoms with E-state index in [0.29, 0.717) is 5.56 Å². The molecule has 0 atom stereocenters. The molecule has 0 bridgehead atoms. The minimum absolute atomic E-state index is 0.135. The molecule has 0 fully saturated rings. The summed E-state index contributed by atoms with van der Waals surface area (Å²) in [4.78, 5) is 14.4. The molecule has 0 aliphatic rings. The molecule has 3 aromatic rings. The van der Waals surface area contributed by atoms with Gasteiger partial charge in [-0.2, -0.15) is 0 Å². The van der Waals surface area contributed by atoms with Crippen LogP contribution < -0.4 is 0 Å². The molecule has 21 heavy (non-hydrogen) atoms. The summed E-state index contributed by atoms with van der Waals surface area (Å²) in [5.41, 5.74) is 3.85. The average Bonchev–Trinajstić information content (AvgIpc) is 3.00. The van der Waals surface area contributed by atoms with E-state index in [9.17, 15) is 4.79 Å². The summed E-state index contributed by atoms with van der Waals surface area (Å²) >= 11 is 0.135. The van der Waals surface area contributed by atoms with Gasteiger partial charge in [-0.25, -0.2) is 0 Å². The molecule has 104 valence electrons. The van der Waals surface area contributed by atoms with Crippen LogP contribution in [0.15, 0.2) is 65.6 Å². The maximum atomic E-state index is 12.3. The number of benzene rings is 2. The first-order valence-corrected chi connectivity index (χ1v) is 8.46. The maximum absolute atomic E-state index is 12.3. The molecule has 3 heteroatoms. The first kappa shape index (κ1) is 13.9. The summed E-state index contributed by atoms with van der Waals surface area (Å²) in [6.45, 7) is 0. The van der Waals surface area contributed by atoms with Crippen molar-refractivity contribution in [3.63, 3.8) is 0 Å². The third-order valence-electron chi connectivity index (χ3n) is 3.30. The van der Waals surface area contributed by atoms with Gasteiger partial charge in [-0.1, -0.05) is 0 Å². The third kappa shape index (κ3) is 2.71. The second-order valence-electron chi connectivity index (χ2n) is 4.58. The van der Waals surface area contributed by atoms with Crippen molar-refractivity contribution in [1.29, 1.82) is 0 Å². The molecule has 1 heterocycles. The molecule has 3 rings (SSSR count). The Labute approximate surface area is 129 Å². The van der Waals surface area contributed by atoms with Gasteiger partial charge in [-0.05, 0) is 0 Å². The van der Waals surface area contributed by atoms with Gasteiger partial charge in [-0.3, -0.25) is 0 Å². The summed E-state index contributed by atoms with van der Waals surface area (Å²) in [5.74, 6) is -0.261. The fourth-order valence-corrected chi connectivity index (χ4v) is 4.55. The van der Waals surface area contributed by atoms with Crippen LogP contribution in [0.3, 0.4) is 0 Å². The van der Waals surface area contributed by atoms with Crippen molar-refractivity contribution in [2.45, 2.75) is 0 Å². The molecule has 0 unspecified atom stereocenters. The van der Waals surface area contributed by atoms with Gasteiger partial charge in [0.05, 0.1) is 0 Å². The van der Waals surface area contributed by atoms with Crippen molar-refractivity contribution in [2.24, 2.45) is 0 Å². The normalized spacial score (nSPS) is 10.3. The number of carbonyl (C=O) groups excluding carboxylic acids is 1. The number of ether oxygens (including phenoxy) is 1. The summed E-state index contributed by atoms with van der Waals surface area (Å²) in [6, 6.07) is 20.1. The Bertz CT molecular complexity index is 688. The van der Waals surface area contributed by atoms with Crippen molar-refractivity contribution in [2.75, 3.05) is 7.11 Å². The van der Waals surface area contributed by atoms with Crippen molar-refractivity contribution in [3.05, 3.63) is 71.2 Å². The number of hydrogen-bond acceptors (Lipinski definition) is 2. The molecule has 0 saturated carbocycles. The molecular weight excluding hydrogens is 327 g/mol. The monoisotopic (exact) mass is 342 g/mol. The topological polar surface area (TPSA) is 26.3 Å². The Morgan fingerprint density at radius 1 is 0.905 bits per heavy atom. The van der Waals surface area contributed by atoms with E-state index in [4.69, 9.17) is 4.74 Å². The van der Waals surface area contributed by atoms with E-state index >= 15 is 0 Å². The van der Waals surface area contributed by atoms with Crippen LogP contribution in [-0.2, 0) is 4.74 Å². The third-order valence-corrected chi connectivity index (χ3v) is 5.46. The Balaban J connectivity index is 2.19. The van der Waals surface area contributed by atoms with Gasteiger partial charge in [0.25, 0.3) is 0 Å². The number of esters is 1. The second kappa shape index (κ2) is 6.13. The molecule has 2 aromatic carbocycles. The fraction of sp³-hybridized carbons (Fsp3) is 0.0556. The quantitative estimate of drug-likeness (QED) is 0.534. The Morgan fingerprint density at radius 2 is 1.48 bits per heavy atom. The van der Waals surface area contributed by atoms with E-state index in [1.807, 2.05) is 60.7 Å². The molecule has 0 amide bonds. The van der Waals surface area contributed by atoms with Crippen molar-refractivity contribution in [3.8, 4) is 21.1 Å². The molecule has 1 aromatic heterocycles. The van der Waals surface area contributed by atoms with Crippen LogP contribution in [0.25, 0.3) is 21.1 Å². The zero-order valence-corrected chi connectivity index (χ0v) is 13.3. The first-order chi connectivity index (χ1) is 10.3. The van der Waals surface area contributed by atoms with Gasteiger partial charge in [-0.15, -0.1) is 0 Å². The van der Waals surface area contributed by atoms with Crippen molar-refractivity contribution < 1.29 is 9.53 Å². The predicted octanol–water partition coefficient (Wildman–Crippen LogP) is 3.86. The minimum atomic E-state index is -0.261. The Kier molecular flexibility index (Phi) is 4.05.